The Morgan fingerprint density at radius 2 is 1.82 bits per heavy atom. The van der Waals surface area contributed by atoms with E-state index in [9.17, 15) is 9.90 Å². The van der Waals surface area contributed by atoms with Crippen LogP contribution in [0, 0.1) is 13.8 Å². The van der Waals surface area contributed by atoms with Crippen LogP contribution in [0.3, 0.4) is 0 Å². The van der Waals surface area contributed by atoms with E-state index >= 15 is 0 Å². The zero-order valence-corrected chi connectivity index (χ0v) is 20.4. The van der Waals surface area contributed by atoms with Crippen LogP contribution in [-0.2, 0) is 0 Å². The molecular weight excluding hydrogens is 444 g/mol. The molecule has 1 aliphatic heterocycles. The van der Waals surface area contributed by atoms with Crippen molar-refractivity contribution in [2.24, 2.45) is 0 Å². The van der Waals surface area contributed by atoms with Gasteiger partial charge in [-0.25, -0.2) is 4.79 Å². The van der Waals surface area contributed by atoms with Crippen LogP contribution < -0.4 is 5.32 Å². The summed E-state index contributed by atoms with van der Waals surface area (Å²) in [4.78, 5) is 19.0. The van der Waals surface area contributed by atoms with Gasteiger partial charge in [0.05, 0.1) is 29.0 Å². The van der Waals surface area contributed by atoms with E-state index in [1.165, 1.54) is 19.3 Å². The topological polar surface area (TPSA) is 70.4 Å². The molecule has 0 spiro atoms. The van der Waals surface area contributed by atoms with Gasteiger partial charge >= 0.3 is 5.97 Å². The number of hydrogen-bond acceptors (Lipinski definition) is 3. The lowest BCUT2D eigenvalue weighted by Gasteiger charge is -2.37. The Morgan fingerprint density at radius 3 is 2.53 bits per heavy atom. The minimum absolute atomic E-state index is 0.0116. The van der Waals surface area contributed by atoms with Gasteiger partial charge in [0.25, 0.3) is 0 Å². The Hall–Kier alpha value is -3.19. The minimum Gasteiger partial charge on any atom is -0.478 e. The van der Waals surface area contributed by atoms with E-state index < -0.39 is 5.97 Å². The second kappa shape index (κ2) is 9.22. The normalized spacial score (nSPS) is 21.0. The molecule has 6 nitrogen and oxygen atoms in total. The largest absolute Gasteiger partial charge is 0.478 e. The molecule has 0 bridgehead atoms. The second-order valence-electron chi connectivity index (χ2n) is 9.31. The molecule has 1 aliphatic carbocycles. The molecule has 1 aromatic carbocycles. The number of nitrogens with zero attached hydrogens (tertiary/aromatic N) is 3. The lowest BCUT2D eigenvalue weighted by atomic mass is 9.90. The molecule has 3 heterocycles. The van der Waals surface area contributed by atoms with Gasteiger partial charge in [0.2, 0.25) is 0 Å². The van der Waals surface area contributed by atoms with Crippen molar-refractivity contribution in [3.63, 3.8) is 0 Å². The standard InChI is InChI=1S/C27H30N4O2S/c1-17-16-21(18(2)30(17)23-14-7-6-12-20(23)26(32)33)25-24(22-13-8-9-15-28-22)29-27(34)31(25)19-10-4-3-5-11-19/h6-9,12-16,19,24-25H,3-5,10-11H2,1-2H3,(H,29,34)(H,32,33)/t24-,25+/m1/s1. The summed E-state index contributed by atoms with van der Waals surface area (Å²) in [5.74, 6) is -0.927. The second-order valence-corrected chi connectivity index (χ2v) is 9.70. The molecule has 2 fully saturated rings. The van der Waals surface area contributed by atoms with Gasteiger partial charge in [-0.05, 0) is 74.8 Å². The summed E-state index contributed by atoms with van der Waals surface area (Å²) in [5, 5.41) is 14.2. The van der Waals surface area contributed by atoms with Crippen LogP contribution in [-0.4, -0.2) is 36.7 Å². The number of thiocarbonyl (C=S) groups is 1. The summed E-state index contributed by atoms with van der Waals surface area (Å²) < 4.78 is 2.06. The van der Waals surface area contributed by atoms with Crippen LogP contribution in [0.4, 0.5) is 0 Å². The summed E-state index contributed by atoms with van der Waals surface area (Å²) in [7, 11) is 0. The number of carboxylic acid groups (broad SMARTS) is 1. The molecule has 0 radical (unpaired) electrons. The average molecular weight is 475 g/mol. The van der Waals surface area contributed by atoms with Crippen molar-refractivity contribution in [1.82, 2.24) is 19.8 Å². The van der Waals surface area contributed by atoms with E-state index in [4.69, 9.17) is 12.2 Å². The molecule has 34 heavy (non-hydrogen) atoms. The smallest absolute Gasteiger partial charge is 0.337 e. The number of carboxylic acids is 1. The maximum absolute atomic E-state index is 12.0. The predicted molar refractivity (Wildman–Crippen MR) is 136 cm³/mol. The van der Waals surface area contributed by atoms with Gasteiger partial charge in [-0.2, -0.15) is 0 Å². The highest BCUT2D eigenvalue weighted by molar-refractivity contribution is 7.80. The Bertz CT molecular complexity index is 1220. The number of aryl methyl sites for hydroxylation is 1. The van der Waals surface area contributed by atoms with Crippen molar-refractivity contribution in [1.29, 1.82) is 0 Å². The van der Waals surface area contributed by atoms with Gasteiger partial charge in [-0.15, -0.1) is 0 Å². The Morgan fingerprint density at radius 1 is 1.09 bits per heavy atom. The predicted octanol–water partition coefficient (Wildman–Crippen LogP) is 5.49. The summed E-state index contributed by atoms with van der Waals surface area (Å²) in [6, 6.07) is 15.7. The van der Waals surface area contributed by atoms with Crippen LogP contribution >= 0.6 is 12.2 Å². The lowest BCUT2D eigenvalue weighted by molar-refractivity contribution is 0.0697. The molecule has 2 atom stereocenters. The van der Waals surface area contributed by atoms with E-state index in [1.807, 2.05) is 37.4 Å². The molecule has 5 rings (SSSR count). The Balaban J connectivity index is 1.65. The van der Waals surface area contributed by atoms with Crippen LogP contribution in [0.1, 0.15) is 77.2 Å². The average Bonchev–Trinajstić information content (AvgIpc) is 3.35. The van der Waals surface area contributed by atoms with E-state index in [1.54, 1.807) is 12.1 Å². The maximum atomic E-state index is 12.0. The molecule has 7 heteroatoms. The lowest BCUT2D eigenvalue weighted by Crippen LogP contribution is -2.40. The summed E-state index contributed by atoms with van der Waals surface area (Å²) in [6.45, 7) is 4.12. The fraction of sp³-hybridized carbons (Fsp3) is 0.370. The minimum atomic E-state index is -0.927. The number of aromatic carboxylic acids is 1. The van der Waals surface area contributed by atoms with Gasteiger partial charge in [-0.3, -0.25) is 4.98 Å². The van der Waals surface area contributed by atoms with Crippen molar-refractivity contribution in [3.8, 4) is 5.69 Å². The third kappa shape index (κ3) is 3.88. The highest BCUT2D eigenvalue weighted by Crippen LogP contribution is 2.44. The molecule has 1 saturated heterocycles. The molecule has 3 aromatic rings. The van der Waals surface area contributed by atoms with Crippen molar-refractivity contribution < 1.29 is 9.90 Å². The van der Waals surface area contributed by atoms with Crippen molar-refractivity contribution >= 4 is 23.3 Å². The van der Waals surface area contributed by atoms with E-state index in [0.29, 0.717) is 17.3 Å². The van der Waals surface area contributed by atoms with Crippen LogP contribution in [0.2, 0.25) is 0 Å². The van der Waals surface area contributed by atoms with Crippen LogP contribution in [0.15, 0.2) is 54.7 Å². The number of nitrogens with one attached hydrogen (secondary N) is 1. The number of hydrogen-bond donors (Lipinski definition) is 2. The molecule has 1 saturated carbocycles. The van der Waals surface area contributed by atoms with Gasteiger partial charge < -0.3 is 19.9 Å². The fourth-order valence-corrected chi connectivity index (χ4v) is 6.15. The SMILES string of the molecule is Cc1cc([C@H]2[C@@H](c3ccccn3)NC(=S)N2C2CCCCC2)c(C)n1-c1ccccc1C(=O)O. The third-order valence-electron chi connectivity index (χ3n) is 7.27. The molecule has 2 aliphatic rings. The zero-order valence-electron chi connectivity index (χ0n) is 19.6. The van der Waals surface area contributed by atoms with Crippen molar-refractivity contribution in [2.45, 2.75) is 64.1 Å². The number of rotatable bonds is 5. The van der Waals surface area contributed by atoms with Gasteiger partial charge in [-0.1, -0.05) is 37.5 Å². The number of pyridine rings is 1. The number of aromatic nitrogens is 2. The van der Waals surface area contributed by atoms with E-state index in [2.05, 4.69) is 38.8 Å². The number of carbonyl (C=O) groups is 1. The maximum Gasteiger partial charge on any atom is 0.337 e. The summed E-state index contributed by atoms with van der Waals surface area (Å²) >= 11 is 5.91. The molecule has 0 amide bonds. The molecule has 2 N–H and O–H groups in total. The number of para-hydroxylation sites is 1. The quantitative estimate of drug-likeness (QED) is 0.477. The summed E-state index contributed by atoms with van der Waals surface area (Å²) in [5.41, 5.74) is 5.13. The molecular formula is C27H30N4O2S. The van der Waals surface area contributed by atoms with Crippen LogP contribution in [0.25, 0.3) is 5.69 Å². The Kier molecular flexibility index (Phi) is 6.13. The monoisotopic (exact) mass is 474 g/mol. The number of benzene rings is 1. The third-order valence-corrected chi connectivity index (χ3v) is 7.60. The highest BCUT2D eigenvalue weighted by atomic mass is 32.1. The first-order valence-corrected chi connectivity index (χ1v) is 12.4. The molecule has 176 valence electrons. The van der Waals surface area contributed by atoms with Crippen molar-refractivity contribution in [2.75, 3.05) is 0 Å². The molecule has 2 aromatic heterocycles. The van der Waals surface area contributed by atoms with Crippen molar-refractivity contribution in [3.05, 3.63) is 82.9 Å². The highest BCUT2D eigenvalue weighted by Gasteiger charge is 2.44. The van der Waals surface area contributed by atoms with Gasteiger partial charge in [0, 0.05) is 23.6 Å². The molecule has 0 unspecified atom stereocenters. The summed E-state index contributed by atoms with van der Waals surface area (Å²) in [6.07, 6.45) is 7.80. The first-order chi connectivity index (χ1) is 16.5. The van der Waals surface area contributed by atoms with Gasteiger partial charge in [0.15, 0.2) is 5.11 Å². The first kappa shape index (κ1) is 22.6. The zero-order chi connectivity index (χ0) is 23.8. The van der Waals surface area contributed by atoms with Gasteiger partial charge in [0.1, 0.15) is 0 Å². The Labute approximate surface area is 205 Å². The van der Waals surface area contributed by atoms with Crippen LogP contribution in [0.5, 0.6) is 0 Å². The fourth-order valence-electron chi connectivity index (χ4n) is 5.76. The van der Waals surface area contributed by atoms with E-state index in [-0.39, 0.29) is 12.1 Å². The first-order valence-electron chi connectivity index (χ1n) is 12.0. The van der Waals surface area contributed by atoms with E-state index in [0.717, 1.165) is 40.6 Å².